The van der Waals surface area contributed by atoms with Gasteiger partial charge in [0.25, 0.3) is 0 Å². The second-order valence-electron chi connectivity index (χ2n) is 4.45. The van der Waals surface area contributed by atoms with Gasteiger partial charge in [0.2, 0.25) is 7.41 Å². The fourth-order valence-electron chi connectivity index (χ4n) is 1.78. The predicted octanol–water partition coefficient (Wildman–Crippen LogP) is 2.44. The fourth-order valence-corrected chi connectivity index (χ4v) is 1.98. The van der Waals surface area contributed by atoms with E-state index in [4.69, 9.17) is 11.6 Å². The molecule has 0 fully saturated rings. The quantitative estimate of drug-likeness (QED) is 0.709. The molecule has 3 heteroatoms. The first-order chi connectivity index (χ1) is 7.02. The SMILES string of the molecule is CC(C)N(Bc1ccccc1Cl)C(C)C. The van der Waals surface area contributed by atoms with Crippen molar-refractivity contribution in [2.75, 3.05) is 0 Å². The highest BCUT2D eigenvalue weighted by molar-refractivity contribution is 6.56. The van der Waals surface area contributed by atoms with Gasteiger partial charge in [0.15, 0.2) is 0 Å². The van der Waals surface area contributed by atoms with Crippen LogP contribution in [0.2, 0.25) is 5.02 Å². The van der Waals surface area contributed by atoms with Crippen LogP contribution in [0, 0.1) is 0 Å². The van der Waals surface area contributed by atoms with E-state index in [0.717, 1.165) is 12.4 Å². The summed E-state index contributed by atoms with van der Waals surface area (Å²) in [6, 6.07) is 9.15. The van der Waals surface area contributed by atoms with E-state index in [9.17, 15) is 0 Å². The molecule has 0 radical (unpaired) electrons. The molecule has 0 atom stereocenters. The molecular formula is C12H19BClN. The van der Waals surface area contributed by atoms with Gasteiger partial charge in [0.1, 0.15) is 0 Å². The van der Waals surface area contributed by atoms with Crippen LogP contribution in [-0.4, -0.2) is 24.3 Å². The Kier molecular flexibility index (Phi) is 4.68. The van der Waals surface area contributed by atoms with Gasteiger partial charge < -0.3 is 4.81 Å². The lowest BCUT2D eigenvalue weighted by Crippen LogP contribution is -2.45. The molecule has 1 nitrogen and oxygen atoms in total. The first-order valence-electron chi connectivity index (χ1n) is 5.51. The van der Waals surface area contributed by atoms with Crippen molar-refractivity contribution in [3.05, 3.63) is 29.3 Å². The van der Waals surface area contributed by atoms with Gasteiger partial charge in [0.05, 0.1) is 0 Å². The second kappa shape index (κ2) is 5.57. The summed E-state index contributed by atoms with van der Waals surface area (Å²) in [6.45, 7) is 8.88. The number of benzene rings is 1. The average Bonchev–Trinajstić information content (AvgIpc) is 2.15. The lowest BCUT2D eigenvalue weighted by atomic mass is 9.78. The Morgan fingerprint density at radius 1 is 1.07 bits per heavy atom. The van der Waals surface area contributed by atoms with Crippen LogP contribution in [0.15, 0.2) is 24.3 Å². The molecule has 0 aliphatic rings. The van der Waals surface area contributed by atoms with Crippen molar-refractivity contribution in [1.82, 2.24) is 4.81 Å². The first-order valence-corrected chi connectivity index (χ1v) is 5.89. The summed E-state index contributed by atoms with van der Waals surface area (Å²) in [5.41, 5.74) is 1.21. The standard InChI is InChI=1S/C12H19BClN/c1-9(2)15(10(3)4)13-11-7-5-6-8-12(11)14/h5-10,13H,1-4H3. The number of hydrogen-bond acceptors (Lipinski definition) is 1. The molecule has 1 aromatic carbocycles. The number of nitrogens with zero attached hydrogens (tertiary/aromatic N) is 1. The van der Waals surface area contributed by atoms with Gasteiger partial charge in [-0.25, -0.2) is 0 Å². The molecule has 0 N–H and O–H groups in total. The lowest BCUT2D eigenvalue weighted by Gasteiger charge is -2.30. The van der Waals surface area contributed by atoms with E-state index >= 15 is 0 Å². The summed E-state index contributed by atoms with van der Waals surface area (Å²) < 4.78 is 0. The van der Waals surface area contributed by atoms with E-state index in [2.05, 4.69) is 38.6 Å². The smallest absolute Gasteiger partial charge is 0.240 e. The van der Waals surface area contributed by atoms with E-state index in [1.165, 1.54) is 5.46 Å². The molecule has 0 aliphatic heterocycles. The molecule has 0 saturated heterocycles. The predicted molar refractivity (Wildman–Crippen MR) is 70.3 cm³/mol. The van der Waals surface area contributed by atoms with Crippen molar-refractivity contribution >= 4 is 24.5 Å². The zero-order chi connectivity index (χ0) is 11.4. The molecular weight excluding hydrogens is 204 g/mol. The van der Waals surface area contributed by atoms with Crippen LogP contribution >= 0.6 is 11.6 Å². The second-order valence-corrected chi connectivity index (χ2v) is 4.86. The molecule has 0 spiro atoms. The minimum atomic E-state index is 0.543. The van der Waals surface area contributed by atoms with E-state index < -0.39 is 0 Å². The summed E-state index contributed by atoms with van der Waals surface area (Å²) in [6.07, 6.45) is 0. The molecule has 0 heterocycles. The maximum Gasteiger partial charge on any atom is 0.240 e. The van der Waals surface area contributed by atoms with Crippen LogP contribution in [0.25, 0.3) is 0 Å². The van der Waals surface area contributed by atoms with Crippen molar-refractivity contribution in [3.63, 3.8) is 0 Å². The van der Waals surface area contributed by atoms with E-state index in [1.807, 2.05) is 18.2 Å². The summed E-state index contributed by atoms with van der Waals surface area (Å²) in [4.78, 5) is 2.43. The van der Waals surface area contributed by atoms with Crippen molar-refractivity contribution in [2.24, 2.45) is 0 Å². The topological polar surface area (TPSA) is 3.24 Å². The normalized spacial score (nSPS) is 11.5. The molecule has 0 unspecified atom stereocenters. The van der Waals surface area contributed by atoms with Gasteiger partial charge in [-0.15, -0.1) is 0 Å². The van der Waals surface area contributed by atoms with Gasteiger partial charge >= 0.3 is 0 Å². The third kappa shape index (κ3) is 3.55. The number of hydrogen-bond donors (Lipinski definition) is 0. The zero-order valence-corrected chi connectivity index (χ0v) is 10.8. The average molecular weight is 224 g/mol. The first kappa shape index (κ1) is 12.6. The molecule has 0 amide bonds. The van der Waals surface area contributed by atoms with Crippen LogP contribution in [0.4, 0.5) is 0 Å². The molecule has 0 aliphatic carbocycles. The van der Waals surface area contributed by atoms with E-state index in [1.54, 1.807) is 0 Å². The van der Waals surface area contributed by atoms with E-state index in [-0.39, 0.29) is 0 Å². The summed E-state index contributed by atoms with van der Waals surface area (Å²) in [7, 11) is 0.926. The Morgan fingerprint density at radius 3 is 2.07 bits per heavy atom. The Bertz CT molecular complexity index is 304. The van der Waals surface area contributed by atoms with Gasteiger partial charge in [-0.3, -0.25) is 0 Å². The van der Waals surface area contributed by atoms with Crippen LogP contribution in [0.3, 0.4) is 0 Å². The maximum absolute atomic E-state index is 6.15. The van der Waals surface area contributed by atoms with Crippen molar-refractivity contribution in [1.29, 1.82) is 0 Å². The van der Waals surface area contributed by atoms with Gasteiger partial charge in [-0.1, -0.05) is 57.5 Å². The van der Waals surface area contributed by atoms with Crippen LogP contribution < -0.4 is 5.46 Å². The molecule has 0 aromatic heterocycles. The Hall–Kier alpha value is -0.465. The Morgan fingerprint density at radius 2 is 1.60 bits per heavy atom. The number of rotatable bonds is 4. The van der Waals surface area contributed by atoms with Gasteiger partial charge in [-0.05, 0) is 23.6 Å². The molecule has 1 aromatic rings. The van der Waals surface area contributed by atoms with Crippen molar-refractivity contribution in [3.8, 4) is 0 Å². The van der Waals surface area contributed by atoms with E-state index in [0.29, 0.717) is 12.1 Å². The highest BCUT2D eigenvalue weighted by Gasteiger charge is 2.16. The Balaban J connectivity index is 2.79. The summed E-state index contributed by atoms with van der Waals surface area (Å²) in [5.74, 6) is 0. The molecule has 0 bridgehead atoms. The third-order valence-corrected chi connectivity index (χ3v) is 3.01. The summed E-state index contributed by atoms with van der Waals surface area (Å²) >= 11 is 6.15. The minimum absolute atomic E-state index is 0.543. The minimum Gasteiger partial charge on any atom is -0.336 e. The van der Waals surface area contributed by atoms with Gasteiger partial charge in [-0.2, -0.15) is 0 Å². The largest absolute Gasteiger partial charge is 0.336 e. The summed E-state index contributed by atoms with van der Waals surface area (Å²) in [5, 5.41) is 0.865. The molecule has 0 saturated carbocycles. The van der Waals surface area contributed by atoms with Crippen LogP contribution in [0.1, 0.15) is 27.7 Å². The highest BCUT2D eigenvalue weighted by atomic mass is 35.5. The molecule has 1 rings (SSSR count). The van der Waals surface area contributed by atoms with Crippen LogP contribution in [-0.2, 0) is 0 Å². The fraction of sp³-hybridized carbons (Fsp3) is 0.500. The van der Waals surface area contributed by atoms with Crippen molar-refractivity contribution < 1.29 is 0 Å². The maximum atomic E-state index is 6.15. The number of halogens is 1. The zero-order valence-electron chi connectivity index (χ0n) is 10.00. The molecule has 15 heavy (non-hydrogen) atoms. The third-order valence-electron chi connectivity index (χ3n) is 2.64. The monoisotopic (exact) mass is 223 g/mol. The van der Waals surface area contributed by atoms with Gasteiger partial charge in [0, 0.05) is 5.02 Å². The Labute approximate surface area is 98.7 Å². The lowest BCUT2D eigenvalue weighted by molar-refractivity contribution is 0.315. The van der Waals surface area contributed by atoms with Crippen LogP contribution in [0.5, 0.6) is 0 Å². The molecule has 82 valence electrons. The highest BCUT2D eigenvalue weighted by Crippen LogP contribution is 2.07. The van der Waals surface area contributed by atoms with Crippen molar-refractivity contribution in [2.45, 2.75) is 39.8 Å².